The Hall–Kier alpha value is -1.88. The van der Waals surface area contributed by atoms with Crippen LogP contribution in [0.4, 0.5) is 5.69 Å². The molecule has 1 amide bonds. The maximum Gasteiger partial charge on any atom is 0.263 e. The number of nitrogens with zero attached hydrogens (tertiary/aromatic N) is 1. The summed E-state index contributed by atoms with van der Waals surface area (Å²) < 4.78 is 0. The van der Waals surface area contributed by atoms with Crippen LogP contribution in [0, 0.1) is 6.92 Å². The Morgan fingerprint density at radius 3 is 3.05 bits per heavy atom. The smallest absolute Gasteiger partial charge is 0.263 e. The first-order valence-electron chi connectivity index (χ1n) is 6.10. The fourth-order valence-electron chi connectivity index (χ4n) is 1.86. The number of nitrogens with two attached hydrogens (primary N) is 1. The number of nitrogens with one attached hydrogen (secondary N) is 1. The SMILES string of the molecule is C=CCC(C)NC(=O)c1sc2nc(C)ccc2c1N. The second kappa shape index (κ2) is 5.40. The fourth-order valence-corrected chi connectivity index (χ4v) is 2.90. The highest BCUT2D eigenvalue weighted by Gasteiger charge is 2.18. The third-order valence-electron chi connectivity index (χ3n) is 2.84. The highest BCUT2D eigenvalue weighted by atomic mass is 32.1. The number of amides is 1. The van der Waals surface area contributed by atoms with Crippen molar-refractivity contribution in [3.05, 3.63) is 35.4 Å². The largest absolute Gasteiger partial charge is 0.397 e. The van der Waals surface area contributed by atoms with Crippen molar-refractivity contribution in [2.24, 2.45) is 0 Å². The normalized spacial score (nSPS) is 12.3. The minimum Gasteiger partial charge on any atom is -0.397 e. The molecule has 0 aliphatic heterocycles. The third kappa shape index (κ3) is 2.76. The van der Waals surface area contributed by atoms with E-state index in [2.05, 4.69) is 16.9 Å². The predicted octanol–water partition coefficient (Wildman–Crippen LogP) is 2.88. The minimum absolute atomic E-state index is 0.0457. The van der Waals surface area contributed by atoms with E-state index in [9.17, 15) is 4.79 Å². The van der Waals surface area contributed by atoms with Gasteiger partial charge in [0.15, 0.2) is 0 Å². The van der Waals surface area contributed by atoms with Crippen LogP contribution in [-0.2, 0) is 0 Å². The van der Waals surface area contributed by atoms with Crippen molar-refractivity contribution < 1.29 is 4.79 Å². The van der Waals surface area contributed by atoms with E-state index in [1.165, 1.54) is 11.3 Å². The molecule has 19 heavy (non-hydrogen) atoms. The van der Waals surface area contributed by atoms with E-state index in [-0.39, 0.29) is 11.9 Å². The lowest BCUT2D eigenvalue weighted by Crippen LogP contribution is -2.31. The molecule has 100 valence electrons. The Balaban J connectivity index is 2.32. The van der Waals surface area contributed by atoms with Crippen molar-refractivity contribution in [1.82, 2.24) is 10.3 Å². The Kier molecular flexibility index (Phi) is 3.85. The zero-order chi connectivity index (χ0) is 14.0. The number of aryl methyl sites for hydroxylation is 1. The summed E-state index contributed by atoms with van der Waals surface area (Å²) in [6.07, 6.45) is 2.51. The van der Waals surface area contributed by atoms with Gasteiger partial charge in [-0.15, -0.1) is 17.9 Å². The lowest BCUT2D eigenvalue weighted by molar-refractivity contribution is 0.0945. The zero-order valence-corrected chi connectivity index (χ0v) is 11.9. The summed E-state index contributed by atoms with van der Waals surface area (Å²) in [4.78, 5) is 17.9. The summed E-state index contributed by atoms with van der Waals surface area (Å²) in [5.74, 6) is -0.146. The number of hydrogen-bond donors (Lipinski definition) is 2. The molecule has 1 atom stereocenters. The van der Waals surface area contributed by atoms with Crippen molar-refractivity contribution in [2.75, 3.05) is 5.73 Å². The van der Waals surface area contributed by atoms with Gasteiger partial charge in [-0.3, -0.25) is 4.79 Å². The summed E-state index contributed by atoms with van der Waals surface area (Å²) >= 11 is 1.33. The molecule has 0 bridgehead atoms. The summed E-state index contributed by atoms with van der Waals surface area (Å²) in [5, 5.41) is 3.75. The molecule has 4 nitrogen and oxygen atoms in total. The molecule has 0 fully saturated rings. The maximum atomic E-state index is 12.2. The van der Waals surface area contributed by atoms with Gasteiger partial charge in [-0.1, -0.05) is 6.08 Å². The molecule has 0 radical (unpaired) electrons. The average molecular weight is 275 g/mol. The van der Waals surface area contributed by atoms with Crippen LogP contribution < -0.4 is 11.1 Å². The molecule has 0 aromatic carbocycles. The Bertz CT molecular complexity index is 633. The topological polar surface area (TPSA) is 68.0 Å². The van der Waals surface area contributed by atoms with Gasteiger partial charge in [0.05, 0.1) is 5.69 Å². The number of pyridine rings is 1. The van der Waals surface area contributed by atoms with Crippen molar-refractivity contribution in [2.45, 2.75) is 26.3 Å². The van der Waals surface area contributed by atoms with Gasteiger partial charge in [0.1, 0.15) is 9.71 Å². The molecule has 2 heterocycles. The average Bonchev–Trinajstić information content (AvgIpc) is 2.66. The summed E-state index contributed by atoms with van der Waals surface area (Å²) in [7, 11) is 0. The first-order chi connectivity index (χ1) is 9.02. The lowest BCUT2D eigenvalue weighted by Gasteiger charge is -2.10. The van der Waals surface area contributed by atoms with Gasteiger partial charge >= 0.3 is 0 Å². The molecule has 0 saturated heterocycles. The van der Waals surface area contributed by atoms with Crippen LogP contribution in [0.25, 0.3) is 10.2 Å². The predicted molar refractivity (Wildman–Crippen MR) is 80.5 cm³/mol. The quantitative estimate of drug-likeness (QED) is 0.843. The van der Waals surface area contributed by atoms with Crippen LogP contribution in [0.2, 0.25) is 0 Å². The highest BCUT2D eigenvalue weighted by molar-refractivity contribution is 7.21. The van der Waals surface area contributed by atoms with Crippen LogP contribution >= 0.6 is 11.3 Å². The molecule has 0 aliphatic rings. The fraction of sp³-hybridized carbons (Fsp3) is 0.286. The van der Waals surface area contributed by atoms with Crippen molar-refractivity contribution in [3.63, 3.8) is 0 Å². The molecule has 2 aromatic heterocycles. The molecule has 3 N–H and O–H groups in total. The second-order valence-electron chi connectivity index (χ2n) is 4.55. The van der Waals surface area contributed by atoms with Gasteiger partial charge in [-0.2, -0.15) is 0 Å². The zero-order valence-electron chi connectivity index (χ0n) is 11.1. The number of rotatable bonds is 4. The van der Waals surface area contributed by atoms with Crippen LogP contribution in [-0.4, -0.2) is 16.9 Å². The van der Waals surface area contributed by atoms with E-state index in [4.69, 9.17) is 5.73 Å². The van der Waals surface area contributed by atoms with E-state index in [0.717, 1.165) is 22.3 Å². The standard InChI is InChI=1S/C14H17N3OS/c1-4-5-8(2)16-13(18)12-11(15)10-7-6-9(3)17-14(10)19-12/h4,6-8H,1,5,15H2,2-3H3,(H,16,18). The molecule has 2 aromatic rings. The van der Waals surface area contributed by atoms with Gasteiger partial charge < -0.3 is 11.1 Å². The lowest BCUT2D eigenvalue weighted by atomic mass is 10.2. The van der Waals surface area contributed by atoms with Crippen molar-refractivity contribution in [3.8, 4) is 0 Å². The van der Waals surface area contributed by atoms with Crippen LogP contribution in [0.15, 0.2) is 24.8 Å². The Morgan fingerprint density at radius 2 is 2.37 bits per heavy atom. The number of hydrogen-bond acceptors (Lipinski definition) is 4. The number of carbonyl (C=O) groups excluding carboxylic acids is 1. The number of nitrogen functional groups attached to an aromatic ring is 1. The molecule has 2 rings (SSSR count). The molecule has 5 heteroatoms. The van der Waals surface area contributed by atoms with Crippen LogP contribution in [0.3, 0.4) is 0 Å². The number of thiophene rings is 1. The Morgan fingerprint density at radius 1 is 1.63 bits per heavy atom. The van der Waals surface area contributed by atoms with Crippen LogP contribution in [0.1, 0.15) is 28.7 Å². The first kappa shape index (κ1) is 13.5. The Labute approximate surface area is 116 Å². The third-order valence-corrected chi connectivity index (χ3v) is 3.95. The van der Waals surface area contributed by atoms with E-state index >= 15 is 0 Å². The van der Waals surface area contributed by atoms with Crippen LogP contribution in [0.5, 0.6) is 0 Å². The molecule has 0 aliphatic carbocycles. The summed E-state index contributed by atoms with van der Waals surface area (Å²) in [6.45, 7) is 7.51. The molecular weight excluding hydrogens is 258 g/mol. The number of anilines is 1. The van der Waals surface area contributed by atoms with E-state index < -0.39 is 0 Å². The number of fused-ring (bicyclic) bond motifs is 1. The summed E-state index contributed by atoms with van der Waals surface area (Å²) in [6, 6.07) is 3.85. The van der Waals surface area contributed by atoms with Gasteiger partial charge in [0.2, 0.25) is 0 Å². The van der Waals surface area contributed by atoms with Gasteiger partial charge in [0.25, 0.3) is 5.91 Å². The summed E-state index contributed by atoms with van der Waals surface area (Å²) in [5.41, 5.74) is 7.46. The van der Waals surface area contributed by atoms with Gasteiger partial charge in [-0.05, 0) is 32.4 Å². The number of carbonyl (C=O) groups is 1. The maximum absolute atomic E-state index is 12.2. The van der Waals surface area contributed by atoms with E-state index in [1.54, 1.807) is 6.08 Å². The highest BCUT2D eigenvalue weighted by Crippen LogP contribution is 2.32. The molecule has 0 saturated carbocycles. The monoisotopic (exact) mass is 275 g/mol. The molecule has 1 unspecified atom stereocenters. The first-order valence-corrected chi connectivity index (χ1v) is 6.92. The van der Waals surface area contributed by atoms with Gasteiger partial charge in [0, 0.05) is 17.1 Å². The molecular formula is C14H17N3OS. The second-order valence-corrected chi connectivity index (χ2v) is 5.55. The van der Waals surface area contributed by atoms with Crippen molar-refractivity contribution >= 4 is 33.1 Å². The van der Waals surface area contributed by atoms with E-state index in [1.807, 2.05) is 26.0 Å². The minimum atomic E-state index is -0.146. The molecule has 0 spiro atoms. The van der Waals surface area contributed by atoms with Gasteiger partial charge in [-0.25, -0.2) is 4.98 Å². The number of aromatic nitrogens is 1. The van der Waals surface area contributed by atoms with E-state index in [0.29, 0.717) is 10.6 Å². The van der Waals surface area contributed by atoms with Crippen molar-refractivity contribution in [1.29, 1.82) is 0 Å².